The summed E-state index contributed by atoms with van der Waals surface area (Å²) in [4.78, 5) is 17.3. The molecule has 0 spiro atoms. The van der Waals surface area contributed by atoms with Crippen LogP contribution < -0.4 is 10.2 Å². The van der Waals surface area contributed by atoms with E-state index in [0.29, 0.717) is 25.8 Å². The Morgan fingerprint density at radius 1 is 1.21 bits per heavy atom. The van der Waals surface area contributed by atoms with Gasteiger partial charge in [-0.1, -0.05) is 25.1 Å². The van der Waals surface area contributed by atoms with Crippen LogP contribution in [0.15, 0.2) is 30.3 Å². The van der Waals surface area contributed by atoms with Gasteiger partial charge in [-0.15, -0.1) is 0 Å². The number of carbonyl (C=O) groups excluding carboxylic acids is 1. The highest BCUT2D eigenvalue weighted by molar-refractivity contribution is 5.83. The smallest absolute Gasteiger partial charge is 0.230 e. The highest BCUT2D eigenvalue weighted by Gasteiger charge is 2.44. The van der Waals surface area contributed by atoms with E-state index in [-0.39, 0.29) is 11.3 Å². The monoisotopic (exact) mass is 331 g/mol. The first kappa shape index (κ1) is 17.2. The summed E-state index contributed by atoms with van der Waals surface area (Å²) < 4.78 is 5.25. The van der Waals surface area contributed by atoms with Crippen LogP contribution in [0.25, 0.3) is 0 Å². The summed E-state index contributed by atoms with van der Waals surface area (Å²) in [5.74, 6) is 0.158. The van der Waals surface area contributed by atoms with Crippen molar-refractivity contribution in [2.24, 2.45) is 5.41 Å². The highest BCUT2D eigenvalue weighted by Crippen LogP contribution is 2.31. The van der Waals surface area contributed by atoms with Crippen molar-refractivity contribution in [1.29, 1.82) is 0 Å². The molecule has 2 aliphatic heterocycles. The Morgan fingerprint density at radius 3 is 2.42 bits per heavy atom. The van der Waals surface area contributed by atoms with Crippen LogP contribution in [0.3, 0.4) is 0 Å². The molecule has 24 heavy (non-hydrogen) atoms. The molecule has 0 bridgehead atoms. The van der Waals surface area contributed by atoms with E-state index in [9.17, 15) is 4.79 Å². The van der Waals surface area contributed by atoms with Crippen molar-refractivity contribution in [3.63, 3.8) is 0 Å². The summed E-state index contributed by atoms with van der Waals surface area (Å²) >= 11 is 0. The number of rotatable bonds is 6. The molecule has 1 aromatic rings. The molecule has 0 saturated carbocycles. The number of para-hydroxylation sites is 1. The molecule has 5 nitrogen and oxygen atoms in total. The van der Waals surface area contributed by atoms with Gasteiger partial charge in [0.15, 0.2) is 0 Å². The fourth-order valence-corrected chi connectivity index (χ4v) is 3.46. The van der Waals surface area contributed by atoms with E-state index in [4.69, 9.17) is 4.74 Å². The van der Waals surface area contributed by atoms with E-state index in [0.717, 1.165) is 32.6 Å². The largest absolute Gasteiger partial charge is 0.379 e. The first-order chi connectivity index (χ1) is 11.6. The fraction of sp³-hybridized carbons (Fsp3) is 0.632. The Hall–Kier alpha value is -1.59. The summed E-state index contributed by atoms with van der Waals surface area (Å²) in [5.41, 5.74) is 1.03. The lowest BCUT2D eigenvalue weighted by Crippen LogP contribution is -2.57. The molecule has 2 aliphatic rings. The highest BCUT2D eigenvalue weighted by atomic mass is 16.5. The summed E-state index contributed by atoms with van der Waals surface area (Å²) in [7, 11) is 0. The van der Waals surface area contributed by atoms with Gasteiger partial charge in [0.2, 0.25) is 5.91 Å². The van der Waals surface area contributed by atoms with Gasteiger partial charge in [0.25, 0.3) is 0 Å². The fourth-order valence-electron chi connectivity index (χ4n) is 3.46. The van der Waals surface area contributed by atoms with Gasteiger partial charge in [-0.05, 0) is 25.5 Å². The summed E-state index contributed by atoms with van der Waals surface area (Å²) in [6.07, 6.45) is 0.850. The van der Waals surface area contributed by atoms with Gasteiger partial charge in [-0.3, -0.25) is 9.69 Å². The van der Waals surface area contributed by atoms with E-state index in [1.165, 1.54) is 5.69 Å². The van der Waals surface area contributed by atoms with E-state index in [1.807, 2.05) is 0 Å². The zero-order valence-corrected chi connectivity index (χ0v) is 14.8. The van der Waals surface area contributed by atoms with Crippen LogP contribution in [0.1, 0.15) is 20.3 Å². The average Bonchev–Trinajstić information content (AvgIpc) is 2.60. The molecule has 1 amide bonds. The second-order valence-electron chi connectivity index (χ2n) is 7.04. The van der Waals surface area contributed by atoms with Crippen LogP contribution in [0.4, 0.5) is 5.69 Å². The number of amides is 1. The molecule has 2 saturated heterocycles. The Kier molecular flexibility index (Phi) is 5.41. The molecule has 0 radical (unpaired) electrons. The minimum atomic E-state index is -0.272. The number of benzene rings is 1. The summed E-state index contributed by atoms with van der Waals surface area (Å²) in [6.45, 7) is 10.3. The number of anilines is 1. The molecule has 1 aromatic carbocycles. The first-order valence-electron chi connectivity index (χ1n) is 9.05. The molecule has 5 heteroatoms. The van der Waals surface area contributed by atoms with Gasteiger partial charge < -0.3 is 15.0 Å². The van der Waals surface area contributed by atoms with E-state index < -0.39 is 0 Å². The quantitative estimate of drug-likeness (QED) is 0.862. The molecule has 1 atom stereocenters. The van der Waals surface area contributed by atoms with Crippen LogP contribution in [0.5, 0.6) is 0 Å². The molecule has 2 heterocycles. The Bertz CT molecular complexity index is 531. The van der Waals surface area contributed by atoms with Crippen molar-refractivity contribution >= 4 is 11.6 Å². The van der Waals surface area contributed by atoms with Crippen molar-refractivity contribution in [3.05, 3.63) is 30.3 Å². The van der Waals surface area contributed by atoms with Crippen LogP contribution >= 0.6 is 0 Å². The molecule has 3 rings (SSSR count). The number of piperazine rings is 1. The standard InChI is InChI=1S/C19H29N3O2/c1-3-19(14-24-15-19)18(23)20-13-16(2)21-9-11-22(12-10-21)17-7-5-4-6-8-17/h4-8,16H,3,9-15H2,1-2H3,(H,20,23)/t16-/m1/s1. The summed E-state index contributed by atoms with van der Waals surface area (Å²) in [6, 6.07) is 10.9. The van der Waals surface area contributed by atoms with Gasteiger partial charge in [0.05, 0.1) is 18.6 Å². The summed E-state index contributed by atoms with van der Waals surface area (Å²) in [5, 5.41) is 3.14. The zero-order valence-electron chi connectivity index (χ0n) is 14.8. The molecule has 1 N–H and O–H groups in total. The topological polar surface area (TPSA) is 44.8 Å². The average molecular weight is 331 g/mol. The molecule has 2 fully saturated rings. The number of carbonyl (C=O) groups is 1. The third-order valence-electron chi connectivity index (χ3n) is 5.53. The minimum absolute atomic E-state index is 0.158. The lowest BCUT2D eigenvalue weighted by molar-refractivity contribution is -0.162. The van der Waals surface area contributed by atoms with Crippen LogP contribution in [-0.2, 0) is 9.53 Å². The Labute approximate surface area is 145 Å². The third-order valence-corrected chi connectivity index (χ3v) is 5.53. The SMILES string of the molecule is CCC1(C(=O)NC[C@@H](C)N2CCN(c3ccccc3)CC2)COC1. The molecule has 132 valence electrons. The van der Waals surface area contributed by atoms with Crippen LogP contribution in [0, 0.1) is 5.41 Å². The maximum absolute atomic E-state index is 12.4. The lowest BCUT2D eigenvalue weighted by Gasteiger charge is -2.41. The first-order valence-corrected chi connectivity index (χ1v) is 9.05. The molecular weight excluding hydrogens is 302 g/mol. The normalized spacial score (nSPS) is 21.8. The number of nitrogens with one attached hydrogen (secondary N) is 1. The lowest BCUT2D eigenvalue weighted by atomic mass is 9.82. The van der Waals surface area contributed by atoms with E-state index in [2.05, 4.69) is 59.3 Å². The van der Waals surface area contributed by atoms with E-state index in [1.54, 1.807) is 0 Å². The number of hydrogen-bond acceptors (Lipinski definition) is 4. The van der Waals surface area contributed by atoms with Gasteiger partial charge in [-0.2, -0.15) is 0 Å². The van der Waals surface area contributed by atoms with Gasteiger partial charge in [-0.25, -0.2) is 0 Å². The number of nitrogens with zero attached hydrogens (tertiary/aromatic N) is 2. The maximum atomic E-state index is 12.4. The minimum Gasteiger partial charge on any atom is -0.379 e. The zero-order chi connectivity index (χ0) is 17.0. The van der Waals surface area contributed by atoms with Gasteiger partial charge in [0, 0.05) is 44.5 Å². The van der Waals surface area contributed by atoms with Crippen molar-refractivity contribution in [1.82, 2.24) is 10.2 Å². The second-order valence-corrected chi connectivity index (χ2v) is 7.04. The predicted octanol–water partition coefficient (Wildman–Crippen LogP) is 1.74. The van der Waals surface area contributed by atoms with Crippen LogP contribution in [-0.4, -0.2) is 62.8 Å². The molecule has 0 unspecified atom stereocenters. The van der Waals surface area contributed by atoms with Crippen molar-refractivity contribution < 1.29 is 9.53 Å². The van der Waals surface area contributed by atoms with Gasteiger partial charge in [0.1, 0.15) is 0 Å². The molecule has 0 aromatic heterocycles. The predicted molar refractivity (Wildman–Crippen MR) is 96.2 cm³/mol. The van der Waals surface area contributed by atoms with Crippen LogP contribution in [0.2, 0.25) is 0 Å². The molecular formula is C19H29N3O2. The number of ether oxygens (including phenoxy) is 1. The van der Waals surface area contributed by atoms with Crippen molar-refractivity contribution in [3.8, 4) is 0 Å². The molecule has 0 aliphatic carbocycles. The third kappa shape index (κ3) is 3.57. The van der Waals surface area contributed by atoms with Gasteiger partial charge >= 0.3 is 0 Å². The van der Waals surface area contributed by atoms with Crippen molar-refractivity contribution in [2.45, 2.75) is 26.3 Å². The number of hydrogen-bond donors (Lipinski definition) is 1. The second kappa shape index (κ2) is 7.53. The van der Waals surface area contributed by atoms with E-state index >= 15 is 0 Å². The Morgan fingerprint density at radius 2 is 1.88 bits per heavy atom. The maximum Gasteiger partial charge on any atom is 0.230 e. The Balaban J connectivity index is 1.44. The van der Waals surface area contributed by atoms with Crippen molar-refractivity contribution in [2.75, 3.05) is 50.8 Å².